The van der Waals surface area contributed by atoms with Crippen LogP contribution in [0.4, 0.5) is 0 Å². The van der Waals surface area contributed by atoms with E-state index in [1.54, 1.807) is 0 Å². The molecule has 2 aliphatic heterocycles. The van der Waals surface area contributed by atoms with Crippen LogP contribution in [0.3, 0.4) is 0 Å². The molecule has 2 heterocycles. The Morgan fingerprint density at radius 2 is 0.943 bits per heavy atom. The quantitative estimate of drug-likeness (QED) is 0.242. The third-order valence-corrected chi connectivity index (χ3v) is 16.1. The fourth-order valence-corrected chi connectivity index (χ4v) is 14.3. The zero-order chi connectivity index (χ0) is 25.8. The fourth-order valence-electron chi connectivity index (χ4n) is 6.40. The fraction of sp³-hybridized carbons (Fsp3) is 0.786. The molecule has 204 valence electrons. The third-order valence-electron chi connectivity index (χ3n) is 8.44. The van der Waals surface area contributed by atoms with Crippen molar-refractivity contribution in [3.63, 3.8) is 0 Å². The van der Waals surface area contributed by atoms with Gasteiger partial charge in [0.15, 0.2) is 0 Å². The van der Waals surface area contributed by atoms with E-state index in [0.717, 1.165) is 35.5 Å². The molecule has 4 rings (SSSR count). The molecule has 0 aromatic heterocycles. The molecule has 35 heavy (non-hydrogen) atoms. The van der Waals surface area contributed by atoms with E-state index in [-0.39, 0.29) is 43.1 Å². The molecule has 1 aliphatic carbocycles. The van der Waals surface area contributed by atoms with Gasteiger partial charge < -0.3 is 11.5 Å². The molecule has 4 N–H and O–H groups in total. The Hall–Kier alpha value is 1.20. The number of rotatable bonds is 6. The Morgan fingerprint density at radius 1 is 0.657 bits per heavy atom. The molecule has 0 bridgehead atoms. The second-order valence-electron chi connectivity index (χ2n) is 10.4. The third kappa shape index (κ3) is 9.13. The predicted molar refractivity (Wildman–Crippen MR) is 160 cm³/mol. The van der Waals surface area contributed by atoms with E-state index in [9.17, 15) is 0 Å². The van der Waals surface area contributed by atoms with Gasteiger partial charge in [-0.1, -0.05) is 80.6 Å². The molecule has 1 aromatic rings. The van der Waals surface area contributed by atoms with E-state index in [1.165, 1.54) is 64.2 Å². The summed E-state index contributed by atoms with van der Waals surface area (Å²) in [5, 5.41) is 3.68. The van der Waals surface area contributed by atoms with Gasteiger partial charge in [0.25, 0.3) is 0 Å². The SMILES string of the molecule is CC[C@@H]1CC[C@@H](CC)P1c1ccccc1P1[C@H](CC)CC[C@H]1CC.N[C@@H]1CCCC[C@H]1N.[Cl][Ru][Cl]. The van der Waals surface area contributed by atoms with Crippen LogP contribution >= 0.6 is 35.2 Å². The average Bonchev–Trinajstić information content (AvgIpc) is 3.50. The summed E-state index contributed by atoms with van der Waals surface area (Å²) in [6, 6.07) is 10.3. The van der Waals surface area contributed by atoms with E-state index in [1.807, 2.05) is 10.6 Å². The van der Waals surface area contributed by atoms with Crippen molar-refractivity contribution in [2.45, 2.75) is 139 Å². The summed E-state index contributed by atoms with van der Waals surface area (Å²) in [5.74, 6) is 0. The van der Waals surface area contributed by atoms with Crippen molar-refractivity contribution in [1.29, 1.82) is 0 Å². The summed E-state index contributed by atoms with van der Waals surface area (Å²) < 4.78 is 0. The zero-order valence-corrected chi connectivity index (χ0v) is 27.5. The van der Waals surface area contributed by atoms with Crippen LogP contribution in [0, 0.1) is 0 Å². The van der Waals surface area contributed by atoms with Crippen molar-refractivity contribution in [2.24, 2.45) is 11.5 Å². The maximum atomic E-state index is 5.65. The van der Waals surface area contributed by atoms with Gasteiger partial charge >= 0.3 is 34.5 Å². The Bertz CT molecular complexity index is 632. The van der Waals surface area contributed by atoms with E-state index in [0.29, 0.717) is 0 Å². The first-order chi connectivity index (χ1) is 17.0. The molecule has 0 amide bonds. The van der Waals surface area contributed by atoms with E-state index in [4.69, 9.17) is 30.8 Å². The van der Waals surface area contributed by atoms with Crippen LogP contribution in [-0.4, -0.2) is 34.7 Å². The summed E-state index contributed by atoms with van der Waals surface area (Å²) in [6.45, 7) is 9.74. The number of nitrogens with two attached hydrogens (primary N) is 2. The molecule has 1 saturated carbocycles. The number of hydrogen-bond donors (Lipinski definition) is 2. The summed E-state index contributed by atoms with van der Waals surface area (Å²) in [6.07, 6.45) is 16.3. The Kier molecular flexibility index (Phi) is 16.4. The average molecular weight is 649 g/mol. The summed E-state index contributed by atoms with van der Waals surface area (Å²) in [4.78, 5) is 0. The molecule has 0 unspecified atom stereocenters. The first-order valence-electron chi connectivity index (χ1n) is 14.0. The standard InChI is InChI=1S/C22H36P2.C6H14N2.2ClH.Ru/c1-5-17-13-14-18(6-2)23(17)21-11-9-10-12-22(21)24-19(7-3)15-16-20(24)8-4;7-5-3-1-2-4-6(5)8;;;/h9-12,17-20H,5-8,13-16H2,1-4H3;5-6H,1-4,7-8H2;2*1H;/q;;;;+2/p-2/t17-,18-,19-,20-;5-,6-;;;/m11.../s1. The molecular formula is C28H50Cl2N2P2Ru. The van der Waals surface area contributed by atoms with Gasteiger partial charge in [0.05, 0.1) is 0 Å². The van der Waals surface area contributed by atoms with Crippen molar-refractivity contribution in [1.82, 2.24) is 0 Å². The van der Waals surface area contributed by atoms with Crippen LogP contribution in [-0.2, 0) is 15.1 Å². The topological polar surface area (TPSA) is 52.0 Å². The molecule has 2 saturated heterocycles. The number of benzene rings is 1. The first-order valence-corrected chi connectivity index (χ1v) is 21.4. The van der Waals surface area contributed by atoms with Crippen LogP contribution in [0.2, 0.25) is 0 Å². The summed E-state index contributed by atoms with van der Waals surface area (Å²) in [5.41, 5.74) is 15.3. The zero-order valence-electron chi connectivity index (χ0n) is 22.4. The van der Waals surface area contributed by atoms with Crippen molar-refractivity contribution >= 4 is 45.8 Å². The molecule has 3 aliphatic rings. The van der Waals surface area contributed by atoms with Gasteiger partial charge in [-0.05, 0) is 97.5 Å². The Balaban J connectivity index is 0.000000327. The van der Waals surface area contributed by atoms with Crippen molar-refractivity contribution < 1.29 is 15.1 Å². The summed E-state index contributed by atoms with van der Waals surface area (Å²) in [7, 11) is 9.84. The maximum absolute atomic E-state index is 5.65. The van der Waals surface area contributed by atoms with Crippen molar-refractivity contribution in [2.75, 3.05) is 0 Å². The minimum atomic E-state index is -0.346. The van der Waals surface area contributed by atoms with Gasteiger partial charge in [0, 0.05) is 12.1 Å². The molecule has 6 atom stereocenters. The van der Waals surface area contributed by atoms with Crippen LogP contribution < -0.4 is 22.1 Å². The second-order valence-corrected chi connectivity index (χ2v) is 18.5. The first kappa shape index (κ1) is 32.4. The Morgan fingerprint density at radius 3 is 1.17 bits per heavy atom. The van der Waals surface area contributed by atoms with Crippen LogP contribution in [0.1, 0.15) is 105 Å². The van der Waals surface area contributed by atoms with Crippen molar-refractivity contribution in [3.05, 3.63) is 24.3 Å². The van der Waals surface area contributed by atoms with Crippen LogP contribution in [0.25, 0.3) is 0 Å². The van der Waals surface area contributed by atoms with Gasteiger partial charge in [0.1, 0.15) is 0 Å². The van der Waals surface area contributed by atoms with Gasteiger partial charge in [-0.3, -0.25) is 0 Å². The number of halogens is 2. The van der Waals surface area contributed by atoms with Crippen LogP contribution in [0.15, 0.2) is 24.3 Å². The molecule has 7 heteroatoms. The van der Waals surface area contributed by atoms with E-state index >= 15 is 0 Å². The van der Waals surface area contributed by atoms with Gasteiger partial charge in [-0.15, -0.1) is 0 Å². The monoisotopic (exact) mass is 648 g/mol. The van der Waals surface area contributed by atoms with Gasteiger partial charge in [-0.25, -0.2) is 0 Å². The van der Waals surface area contributed by atoms with E-state index in [2.05, 4.69) is 52.0 Å². The predicted octanol–water partition coefficient (Wildman–Crippen LogP) is 8.19. The van der Waals surface area contributed by atoms with Crippen LogP contribution in [0.5, 0.6) is 0 Å². The minimum absolute atomic E-state index is 0.0639. The molecule has 0 spiro atoms. The number of hydrogen-bond acceptors (Lipinski definition) is 2. The molecule has 2 nitrogen and oxygen atoms in total. The molecular weight excluding hydrogens is 598 g/mol. The normalized spacial score (nSPS) is 31.5. The van der Waals surface area contributed by atoms with Gasteiger partial charge in [-0.2, -0.15) is 0 Å². The van der Waals surface area contributed by atoms with Gasteiger partial charge in [0.2, 0.25) is 0 Å². The Labute approximate surface area is 235 Å². The van der Waals surface area contributed by atoms with E-state index < -0.39 is 0 Å². The molecule has 0 radical (unpaired) electrons. The van der Waals surface area contributed by atoms with Crippen molar-refractivity contribution in [3.8, 4) is 0 Å². The summed E-state index contributed by atoms with van der Waals surface area (Å²) >= 11 is -0.346. The molecule has 3 fully saturated rings. The second kappa shape index (κ2) is 17.7. The molecule has 1 aromatic carbocycles.